The van der Waals surface area contributed by atoms with Crippen molar-refractivity contribution in [3.8, 4) is 0 Å². The fourth-order valence-electron chi connectivity index (χ4n) is 3.43. The molecule has 1 aromatic carbocycles. The average molecular weight is 364 g/mol. The summed E-state index contributed by atoms with van der Waals surface area (Å²) in [6, 6.07) is 14.2. The number of rotatable bonds is 6. The number of nitrogens with one attached hydrogen (secondary N) is 3. The molecule has 2 unspecified atom stereocenters. The number of hydrazine groups is 1. The van der Waals surface area contributed by atoms with Crippen LogP contribution in [0.4, 0.5) is 0 Å². The van der Waals surface area contributed by atoms with Crippen molar-refractivity contribution in [3.63, 3.8) is 0 Å². The van der Waals surface area contributed by atoms with Crippen LogP contribution in [0.2, 0.25) is 0 Å². The molecule has 0 spiro atoms. The van der Waals surface area contributed by atoms with Crippen molar-refractivity contribution in [2.45, 2.75) is 31.6 Å². The first-order chi connectivity index (χ1) is 13.2. The summed E-state index contributed by atoms with van der Waals surface area (Å²) in [6.45, 7) is 1.20. The van der Waals surface area contributed by atoms with E-state index in [1.54, 1.807) is 6.20 Å². The van der Waals surface area contributed by atoms with E-state index >= 15 is 0 Å². The lowest BCUT2D eigenvalue weighted by Gasteiger charge is -2.11. The lowest BCUT2D eigenvalue weighted by molar-refractivity contribution is -0.123. The molecule has 140 valence electrons. The van der Waals surface area contributed by atoms with Crippen LogP contribution in [-0.2, 0) is 24.9 Å². The summed E-state index contributed by atoms with van der Waals surface area (Å²) in [5.74, 6) is -0.00461. The molecule has 3 N–H and O–H groups in total. The van der Waals surface area contributed by atoms with Crippen LogP contribution in [0.25, 0.3) is 0 Å². The molecule has 27 heavy (non-hydrogen) atoms. The smallest absolute Gasteiger partial charge is 0.238 e. The number of carbonyl (C=O) groups excluding carboxylic acids is 1. The highest BCUT2D eigenvalue weighted by Gasteiger charge is 2.30. The Balaban J connectivity index is 1.28. The van der Waals surface area contributed by atoms with Gasteiger partial charge >= 0.3 is 0 Å². The molecule has 1 aliphatic heterocycles. The zero-order valence-electron chi connectivity index (χ0n) is 15.3. The van der Waals surface area contributed by atoms with Gasteiger partial charge in [-0.1, -0.05) is 30.3 Å². The van der Waals surface area contributed by atoms with Crippen LogP contribution in [0.5, 0.6) is 0 Å². The fourth-order valence-corrected chi connectivity index (χ4v) is 3.43. The summed E-state index contributed by atoms with van der Waals surface area (Å²) in [7, 11) is 2.01. The summed E-state index contributed by atoms with van der Waals surface area (Å²) < 4.78 is 3.96. The first-order valence-corrected chi connectivity index (χ1v) is 9.14. The Kier molecular flexibility index (Phi) is 5.04. The quantitative estimate of drug-likeness (QED) is 0.620. The Morgan fingerprint density at radius 2 is 2.04 bits per heavy atom. The van der Waals surface area contributed by atoms with Gasteiger partial charge in [-0.05, 0) is 24.1 Å². The van der Waals surface area contributed by atoms with Crippen LogP contribution in [0.15, 0.2) is 61.1 Å². The number of hydrogen-bond donors (Lipinski definition) is 3. The van der Waals surface area contributed by atoms with Crippen LogP contribution in [0.3, 0.4) is 0 Å². The molecular formula is C20H24N6O. The SMILES string of the molecule is Cn1cccc1C1CC(C(=O)NCc2cnn(Cc3ccccc3)c2)NN1. The Morgan fingerprint density at radius 1 is 1.19 bits per heavy atom. The maximum atomic E-state index is 12.5. The summed E-state index contributed by atoms with van der Waals surface area (Å²) in [5.41, 5.74) is 9.67. The summed E-state index contributed by atoms with van der Waals surface area (Å²) >= 11 is 0. The van der Waals surface area contributed by atoms with Gasteiger partial charge in [0.2, 0.25) is 5.91 Å². The third-order valence-electron chi connectivity index (χ3n) is 4.90. The molecular weight excluding hydrogens is 340 g/mol. The van der Waals surface area contributed by atoms with Gasteiger partial charge in [0.1, 0.15) is 6.04 Å². The lowest BCUT2D eigenvalue weighted by Crippen LogP contribution is -2.42. The minimum Gasteiger partial charge on any atom is -0.353 e. The molecule has 7 heteroatoms. The van der Waals surface area contributed by atoms with E-state index in [0.717, 1.165) is 18.5 Å². The largest absolute Gasteiger partial charge is 0.353 e. The normalized spacial score (nSPS) is 19.3. The van der Waals surface area contributed by atoms with Gasteiger partial charge in [0.15, 0.2) is 0 Å². The second-order valence-electron chi connectivity index (χ2n) is 6.92. The number of carbonyl (C=O) groups is 1. The number of hydrogen-bond acceptors (Lipinski definition) is 4. The lowest BCUT2D eigenvalue weighted by atomic mass is 10.1. The molecule has 3 heterocycles. The predicted molar refractivity (Wildman–Crippen MR) is 102 cm³/mol. The summed E-state index contributed by atoms with van der Waals surface area (Å²) in [6.07, 6.45) is 6.51. The Morgan fingerprint density at radius 3 is 2.81 bits per heavy atom. The molecule has 2 aromatic heterocycles. The van der Waals surface area contributed by atoms with E-state index in [-0.39, 0.29) is 18.0 Å². The Bertz CT molecular complexity index is 900. The van der Waals surface area contributed by atoms with Crippen molar-refractivity contribution < 1.29 is 4.79 Å². The standard InChI is InChI=1S/C20H24N6O/c1-25-9-5-8-19(25)17-10-18(24-23-17)20(27)21-11-16-12-22-26(14-16)13-15-6-3-2-4-7-15/h2-9,12,14,17-18,23-24H,10-11,13H2,1H3,(H,21,27). The molecule has 1 fully saturated rings. The van der Waals surface area contributed by atoms with Crippen molar-refractivity contribution in [2.75, 3.05) is 0 Å². The van der Waals surface area contributed by atoms with Crippen molar-refractivity contribution in [3.05, 3.63) is 77.9 Å². The van der Waals surface area contributed by atoms with E-state index in [4.69, 9.17) is 0 Å². The highest BCUT2D eigenvalue weighted by atomic mass is 16.2. The van der Waals surface area contributed by atoms with Gasteiger partial charge in [0, 0.05) is 37.2 Å². The minimum absolute atomic E-state index is 0.00461. The zero-order valence-corrected chi connectivity index (χ0v) is 15.3. The molecule has 4 rings (SSSR count). The van der Waals surface area contributed by atoms with E-state index in [0.29, 0.717) is 6.54 Å². The maximum absolute atomic E-state index is 12.5. The molecule has 1 amide bonds. The maximum Gasteiger partial charge on any atom is 0.238 e. The van der Waals surface area contributed by atoms with Crippen molar-refractivity contribution >= 4 is 5.91 Å². The molecule has 7 nitrogen and oxygen atoms in total. The number of benzene rings is 1. The second-order valence-corrected chi connectivity index (χ2v) is 6.92. The van der Waals surface area contributed by atoms with Crippen molar-refractivity contribution in [2.24, 2.45) is 7.05 Å². The van der Waals surface area contributed by atoms with Gasteiger partial charge in [0.25, 0.3) is 0 Å². The molecule has 0 bridgehead atoms. The first kappa shape index (κ1) is 17.5. The first-order valence-electron chi connectivity index (χ1n) is 9.14. The Labute approximate surface area is 158 Å². The van der Waals surface area contributed by atoms with Gasteiger partial charge < -0.3 is 9.88 Å². The van der Waals surface area contributed by atoms with E-state index in [1.807, 2.05) is 48.4 Å². The van der Waals surface area contributed by atoms with Crippen LogP contribution in [0.1, 0.15) is 29.3 Å². The minimum atomic E-state index is -0.246. The van der Waals surface area contributed by atoms with E-state index in [2.05, 4.69) is 44.0 Å². The van der Waals surface area contributed by atoms with Gasteiger partial charge in [-0.3, -0.25) is 9.48 Å². The molecule has 3 aromatic rings. The molecule has 0 aliphatic carbocycles. The molecule has 1 aliphatic rings. The molecule has 0 saturated carbocycles. The monoisotopic (exact) mass is 364 g/mol. The van der Waals surface area contributed by atoms with Gasteiger partial charge in [-0.2, -0.15) is 5.10 Å². The molecule has 0 radical (unpaired) electrons. The number of amides is 1. The number of aromatic nitrogens is 3. The average Bonchev–Trinajstić information content (AvgIpc) is 3.41. The molecule has 2 atom stereocenters. The topological polar surface area (TPSA) is 75.9 Å². The number of nitrogens with zero attached hydrogens (tertiary/aromatic N) is 3. The van der Waals surface area contributed by atoms with Crippen molar-refractivity contribution in [1.29, 1.82) is 0 Å². The third-order valence-corrected chi connectivity index (χ3v) is 4.90. The zero-order chi connectivity index (χ0) is 18.6. The van der Waals surface area contributed by atoms with E-state index < -0.39 is 0 Å². The van der Waals surface area contributed by atoms with Gasteiger partial charge in [0.05, 0.1) is 18.8 Å². The van der Waals surface area contributed by atoms with Crippen LogP contribution < -0.4 is 16.2 Å². The van der Waals surface area contributed by atoms with Crippen LogP contribution in [-0.4, -0.2) is 26.3 Å². The highest BCUT2D eigenvalue weighted by molar-refractivity contribution is 5.82. The summed E-state index contributed by atoms with van der Waals surface area (Å²) in [4.78, 5) is 12.5. The second kappa shape index (κ2) is 7.77. The van der Waals surface area contributed by atoms with Crippen molar-refractivity contribution in [1.82, 2.24) is 30.5 Å². The van der Waals surface area contributed by atoms with E-state index in [1.165, 1.54) is 11.3 Å². The number of aryl methyl sites for hydroxylation is 1. The van der Waals surface area contributed by atoms with Crippen LogP contribution in [0, 0.1) is 0 Å². The van der Waals surface area contributed by atoms with Crippen LogP contribution >= 0.6 is 0 Å². The fraction of sp³-hybridized carbons (Fsp3) is 0.300. The van der Waals surface area contributed by atoms with E-state index in [9.17, 15) is 4.79 Å². The van der Waals surface area contributed by atoms with Gasteiger partial charge in [-0.15, -0.1) is 0 Å². The predicted octanol–water partition coefficient (Wildman–Crippen LogP) is 1.49. The Hall–Kier alpha value is -2.90. The molecule has 1 saturated heterocycles. The highest BCUT2D eigenvalue weighted by Crippen LogP contribution is 2.22. The van der Waals surface area contributed by atoms with Gasteiger partial charge in [-0.25, -0.2) is 10.9 Å². The summed E-state index contributed by atoms with van der Waals surface area (Å²) in [5, 5.41) is 7.37. The third kappa shape index (κ3) is 4.10.